The summed E-state index contributed by atoms with van der Waals surface area (Å²) in [6.07, 6.45) is 3.56. The van der Waals surface area contributed by atoms with Crippen molar-refractivity contribution in [1.29, 1.82) is 0 Å². The number of nitrogens with one attached hydrogen (secondary N) is 1. The van der Waals surface area contributed by atoms with Crippen LogP contribution in [0.3, 0.4) is 0 Å². The van der Waals surface area contributed by atoms with E-state index in [1.165, 1.54) is 0 Å². The van der Waals surface area contributed by atoms with Crippen LogP contribution in [-0.4, -0.2) is 11.1 Å². The zero-order valence-corrected chi connectivity index (χ0v) is 13.2. The minimum atomic E-state index is -0.189. The number of hydrogen-bond acceptors (Lipinski definition) is 4. The maximum Gasteiger partial charge on any atom is 0.138 e. The second-order valence-corrected chi connectivity index (χ2v) is 5.72. The highest BCUT2D eigenvalue weighted by atomic mass is 35.5. The van der Waals surface area contributed by atoms with Crippen LogP contribution in [0.1, 0.15) is 36.6 Å². The van der Waals surface area contributed by atoms with E-state index in [0.717, 1.165) is 22.4 Å². The monoisotopic (exact) mass is 305 g/mol. The topological polar surface area (TPSA) is 60.2 Å². The van der Waals surface area contributed by atoms with Crippen LogP contribution in [0.25, 0.3) is 0 Å². The summed E-state index contributed by atoms with van der Waals surface area (Å²) in [5, 5.41) is 0.688. The fourth-order valence-electron chi connectivity index (χ4n) is 2.25. The van der Waals surface area contributed by atoms with Crippen molar-refractivity contribution >= 4 is 11.6 Å². The molecule has 1 heterocycles. The molecule has 1 unspecified atom stereocenters. The summed E-state index contributed by atoms with van der Waals surface area (Å²) in [5.41, 5.74) is 5.82. The summed E-state index contributed by atoms with van der Waals surface area (Å²) < 4.78 is 5.68. The molecular formula is C16H20ClN3O. The lowest BCUT2D eigenvalue weighted by atomic mass is 9.99. The van der Waals surface area contributed by atoms with Crippen LogP contribution in [0.5, 0.6) is 5.75 Å². The van der Waals surface area contributed by atoms with E-state index in [4.69, 9.17) is 22.2 Å². The molecule has 1 atom stereocenters. The number of nitrogens with two attached hydrogens (primary N) is 1. The van der Waals surface area contributed by atoms with Crippen molar-refractivity contribution in [3.63, 3.8) is 0 Å². The van der Waals surface area contributed by atoms with Crippen molar-refractivity contribution in [2.24, 2.45) is 5.84 Å². The molecule has 0 radical (unpaired) electrons. The Morgan fingerprint density at radius 3 is 2.52 bits per heavy atom. The van der Waals surface area contributed by atoms with Gasteiger partial charge < -0.3 is 4.74 Å². The highest BCUT2D eigenvalue weighted by molar-refractivity contribution is 6.30. The second kappa shape index (κ2) is 6.89. The standard InChI is InChI=1S/C16H20ClN3O/c1-10(2)21-15-7-13(8-19-9-15)16(20-18)12-4-11(3)5-14(17)6-12/h4-10,16,20H,18H2,1-3H3. The number of hydrazine groups is 1. The van der Waals surface area contributed by atoms with Gasteiger partial charge in [0.1, 0.15) is 5.75 Å². The van der Waals surface area contributed by atoms with Crippen molar-refractivity contribution in [1.82, 2.24) is 10.4 Å². The summed E-state index contributed by atoms with van der Waals surface area (Å²) >= 11 is 6.13. The normalized spacial score (nSPS) is 12.5. The van der Waals surface area contributed by atoms with Gasteiger partial charge in [-0.3, -0.25) is 10.8 Å². The number of aryl methyl sites for hydroxylation is 1. The van der Waals surface area contributed by atoms with Gasteiger partial charge in [0.25, 0.3) is 0 Å². The van der Waals surface area contributed by atoms with Gasteiger partial charge in [-0.2, -0.15) is 0 Å². The van der Waals surface area contributed by atoms with E-state index in [2.05, 4.69) is 10.4 Å². The molecule has 1 aromatic heterocycles. The van der Waals surface area contributed by atoms with Crippen LogP contribution in [0.4, 0.5) is 0 Å². The quantitative estimate of drug-likeness (QED) is 0.656. The molecule has 0 bridgehead atoms. The molecule has 0 saturated heterocycles. The lowest BCUT2D eigenvalue weighted by molar-refractivity contribution is 0.241. The fourth-order valence-corrected chi connectivity index (χ4v) is 2.54. The van der Waals surface area contributed by atoms with E-state index in [-0.39, 0.29) is 12.1 Å². The number of aromatic nitrogens is 1. The Labute approximate surface area is 130 Å². The molecular weight excluding hydrogens is 286 g/mol. The van der Waals surface area contributed by atoms with Gasteiger partial charge in [-0.25, -0.2) is 5.43 Å². The van der Waals surface area contributed by atoms with Gasteiger partial charge in [-0.05, 0) is 55.7 Å². The van der Waals surface area contributed by atoms with E-state index in [0.29, 0.717) is 5.02 Å². The molecule has 0 aliphatic rings. The van der Waals surface area contributed by atoms with Gasteiger partial charge >= 0.3 is 0 Å². The first kappa shape index (κ1) is 15.8. The Balaban J connectivity index is 2.36. The van der Waals surface area contributed by atoms with E-state index in [9.17, 15) is 0 Å². The van der Waals surface area contributed by atoms with Crippen LogP contribution in [0.2, 0.25) is 5.02 Å². The summed E-state index contributed by atoms with van der Waals surface area (Å²) in [5.74, 6) is 6.45. The van der Waals surface area contributed by atoms with Crippen molar-refractivity contribution in [2.75, 3.05) is 0 Å². The predicted octanol–water partition coefficient (Wildman–Crippen LogP) is 3.38. The van der Waals surface area contributed by atoms with Gasteiger partial charge in [0.15, 0.2) is 0 Å². The minimum Gasteiger partial charge on any atom is -0.489 e. The molecule has 2 rings (SSSR count). The van der Waals surface area contributed by atoms with Crippen LogP contribution >= 0.6 is 11.6 Å². The maximum absolute atomic E-state index is 6.13. The summed E-state index contributed by atoms with van der Waals surface area (Å²) in [6, 6.07) is 7.61. The van der Waals surface area contributed by atoms with Crippen LogP contribution in [-0.2, 0) is 0 Å². The number of halogens is 1. The van der Waals surface area contributed by atoms with E-state index < -0.39 is 0 Å². The third kappa shape index (κ3) is 4.17. The van der Waals surface area contributed by atoms with Gasteiger partial charge in [-0.15, -0.1) is 0 Å². The molecule has 21 heavy (non-hydrogen) atoms. The van der Waals surface area contributed by atoms with E-state index in [1.54, 1.807) is 12.4 Å². The first-order chi connectivity index (χ1) is 9.99. The second-order valence-electron chi connectivity index (χ2n) is 5.28. The molecule has 0 aliphatic carbocycles. The fraction of sp³-hybridized carbons (Fsp3) is 0.312. The summed E-state index contributed by atoms with van der Waals surface area (Å²) in [6.45, 7) is 5.96. The first-order valence-corrected chi connectivity index (χ1v) is 7.22. The Hall–Kier alpha value is -1.62. The zero-order valence-electron chi connectivity index (χ0n) is 12.4. The molecule has 2 aromatic rings. The Kier molecular flexibility index (Phi) is 5.17. The highest BCUT2D eigenvalue weighted by Gasteiger charge is 2.15. The van der Waals surface area contributed by atoms with Gasteiger partial charge in [0.2, 0.25) is 0 Å². The molecule has 4 nitrogen and oxygen atoms in total. The van der Waals surface area contributed by atoms with Gasteiger partial charge in [0, 0.05) is 11.2 Å². The van der Waals surface area contributed by atoms with E-state index in [1.807, 2.05) is 45.0 Å². The molecule has 0 aliphatic heterocycles. The molecule has 1 aromatic carbocycles. The van der Waals surface area contributed by atoms with Gasteiger partial charge in [0.05, 0.1) is 18.3 Å². The summed E-state index contributed by atoms with van der Waals surface area (Å²) in [7, 11) is 0. The van der Waals surface area contributed by atoms with Crippen LogP contribution in [0, 0.1) is 6.92 Å². The number of benzene rings is 1. The lowest BCUT2D eigenvalue weighted by Crippen LogP contribution is -2.29. The maximum atomic E-state index is 6.13. The largest absolute Gasteiger partial charge is 0.489 e. The molecule has 0 saturated carbocycles. The number of ether oxygens (including phenoxy) is 1. The van der Waals surface area contributed by atoms with E-state index >= 15 is 0 Å². The molecule has 112 valence electrons. The molecule has 0 spiro atoms. The Bertz CT molecular complexity index is 596. The molecule has 5 heteroatoms. The molecule has 0 amide bonds. The smallest absolute Gasteiger partial charge is 0.138 e. The lowest BCUT2D eigenvalue weighted by Gasteiger charge is -2.19. The number of nitrogens with zero attached hydrogens (tertiary/aromatic N) is 1. The predicted molar refractivity (Wildman–Crippen MR) is 85.4 cm³/mol. The SMILES string of the molecule is Cc1cc(Cl)cc(C(NN)c2cncc(OC(C)C)c2)c1. The molecule has 0 fully saturated rings. The molecule has 3 N–H and O–H groups in total. The third-order valence-corrected chi connectivity index (χ3v) is 3.22. The average Bonchev–Trinajstić information content (AvgIpc) is 2.38. The third-order valence-electron chi connectivity index (χ3n) is 3.00. The first-order valence-electron chi connectivity index (χ1n) is 6.84. The number of rotatable bonds is 5. The summed E-state index contributed by atoms with van der Waals surface area (Å²) in [4.78, 5) is 4.22. The van der Waals surface area contributed by atoms with Gasteiger partial charge in [-0.1, -0.05) is 17.7 Å². The van der Waals surface area contributed by atoms with Crippen molar-refractivity contribution < 1.29 is 4.74 Å². The zero-order chi connectivity index (χ0) is 15.4. The van der Waals surface area contributed by atoms with Crippen molar-refractivity contribution in [3.8, 4) is 5.75 Å². The Morgan fingerprint density at radius 2 is 1.90 bits per heavy atom. The highest BCUT2D eigenvalue weighted by Crippen LogP contribution is 2.27. The van der Waals surface area contributed by atoms with Crippen molar-refractivity contribution in [2.45, 2.75) is 32.9 Å². The van der Waals surface area contributed by atoms with Crippen LogP contribution < -0.4 is 16.0 Å². The Morgan fingerprint density at radius 1 is 1.14 bits per heavy atom. The van der Waals surface area contributed by atoms with Crippen LogP contribution in [0.15, 0.2) is 36.7 Å². The number of pyridine rings is 1. The number of hydrogen-bond donors (Lipinski definition) is 2. The minimum absolute atomic E-state index is 0.0970. The average molecular weight is 306 g/mol. The van der Waals surface area contributed by atoms with Crippen molar-refractivity contribution in [3.05, 3.63) is 58.4 Å².